The first-order valence-electron chi connectivity index (χ1n) is 4.26. The van der Waals surface area contributed by atoms with E-state index in [0.717, 1.165) is 0 Å². The van der Waals surface area contributed by atoms with Crippen molar-refractivity contribution < 1.29 is 19.8 Å². The number of carbonyl (C=O) groups excluding carboxylic acids is 1. The molecule has 0 aliphatic rings. The van der Waals surface area contributed by atoms with Crippen LogP contribution in [0, 0.1) is 0 Å². The highest BCUT2D eigenvalue weighted by Crippen LogP contribution is 1.90. The van der Waals surface area contributed by atoms with E-state index >= 15 is 0 Å². The minimum atomic E-state index is -1.08. The number of carboxylic acid groups (broad SMARTS) is 1. The SMILES string of the molecule is CC(=O)N[C@@H](CN(C)CCO)C(=O)O. The molecule has 14 heavy (non-hydrogen) atoms. The molecule has 0 unspecified atom stereocenters. The second-order valence-corrected chi connectivity index (χ2v) is 3.08. The summed E-state index contributed by atoms with van der Waals surface area (Å²) in [6, 6.07) is -0.927. The van der Waals surface area contributed by atoms with Gasteiger partial charge in [-0.25, -0.2) is 4.79 Å². The van der Waals surface area contributed by atoms with Gasteiger partial charge in [0.15, 0.2) is 0 Å². The second kappa shape index (κ2) is 6.33. The first kappa shape index (κ1) is 12.9. The molecule has 0 saturated heterocycles. The fourth-order valence-electron chi connectivity index (χ4n) is 1.00. The number of rotatable bonds is 6. The van der Waals surface area contributed by atoms with E-state index in [9.17, 15) is 9.59 Å². The van der Waals surface area contributed by atoms with Crippen LogP contribution in [0.5, 0.6) is 0 Å². The Morgan fingerprint density at radius 3 is 2.43 bits per heavy atom. The van der Waals surface area contributed by atoms with E-state index in [-0.39, 0.29) is 19.1 Å². The van der Waals surface area contributed by atoms with Gasteiger partial charge in [0.05, 0.1) is 6.61 Å². The van der Waals surface area contributed by atoms with Crippen LogP contribution >= 0.6 is 0 Å². The highest BCUT2D eigenvalue weighted by Gasteiger charge is 2.19. The van der Waals surface area contributed by atoms with Gasteiger partial charge in [0.25, 0.3) is 0 Å². The van der Waals surface area contributed by atoms with E-state index in [1.54, 1.807) is 11.9 Å². The molecular formula is C8H16N2O4. The average Bonchev–Trinajstić information content (AvgIpc) is 2.02. The summed E-state index contributed by atoms with van der Waals surface area (Å²) in [5.41, 5.74) is 0. The van der Waals surface area contributed by atoms with Crippen molar-refractivity contribution >= 4 is 11.9 Å². The van der Waals surface area contributed by atoms with E-state index in [2.05, 4.69) is 5.32 Å². The Labute approximate surface area is 82.5 Å². The highest BCUT2D eigenvalue weighted by atomic mass is 16.4. The molecule has 0 aliphatic carbocycles. The maximum absolute atomic E-state index is 10.7. The van der Waals surface area contributed by atoms with Gasteiger partial charge in [-0.15, -0.1) is 0 Å². The largest absolute Gasteiger partial charge is 0.480 e. The van der Waals surface area contributed by atoms with Crippen LogP contribution in [-0.2, 0) is 9.59 Å². The second-order valence-electron chi connectivity index (χ2n) is 3.08. The first-order valence-corrected chi connectivity index (χ1v) is 4.26. The van der Waals surface area contributed by atoms with Gasteiger partial charge in [0, 0.05) is 20.0 Å². The van der Waals surface area contributed by atoms with Crippen LogP contribution in [0.25, 0.3) is 0 Å². The fourth-order valence-corrected chi connectivity index (χ4v) is 1.00. The number of nitrogens with one attached hydrogen (secondary N) is 1. The van der Waals surface area contributed by atoms with Crippen LogP contribution < -0.4 is 5.32 Å². The summed E-state index contributed by atoms with van der Waals surface area (Å²) >= 11 is 0. The number of aliphatic carboxylic acids is 1. The lowest BCUT2D eigenvalue weighted by Crippen LogP contribution is -2.47. The van der Waals surface area contributed by atoms with Crippen LogP contribution in [0.15, 0.2) is 0 Å². The van der Waals surface area contributed by atoms with Crippen molar-refractivity contribution in [2.45, 2.75) is 13.0 Å². The van der Waals surface area contributed by atoms with Gasteiger partial charge in [-0.05, 0) is 7.05 Å². The highest BCUT2D eigenvalue weighted by molar-refractivity contribution is 5.82. The van der Waals surface area contributed by atoms with Crippen LogP contribution in [0.3, 0.4) is 0 Å². The minimum Gasteiger partial charge on any atom is -0.480 e. The lowest BCUT2D eigenvalue weighted by Gasteiger charge is -2.20. The van der Waals surface area contributed by atoms with Crippen molar-refractivity contribution in [3.05, 3.63) is 0 Å². The van der Waals surface area contributed by atoms with Crippen molar-refractivity contribution in [1.29, 1.82) is 0 Å². The Morgan fingerprint density at radius 1 is 1.50 bits per heavy atom. The summed E-state index contributed by atoms with van der Waals surface area (Å²) < 4.78 is 0. The van der Waals surface area contributed by atoms with Gasteiger partial charge in [-0.1, -0.05) is 0 Å². The van der Waals surface area contributed by atoms with Gasteiger partial charge in [0.2, 0.25) is 5.91 Å². The summed E-state index contributed by atoms with van der Waals surface area (Å²) in [6.45, 7) is 1.78. The van der Waals surface area contributed by atoms with Crippen molar-refractivity contribution in [3.63, 3.8) is 0 Å². The number of likely N-dealkylation sites (N-methyl/N-ethyl adjacent to an activating group) is 1. The molecule has 0 aromatic rings. The van der Waals surface area contributed by atoms with Gasteiger partial charge < -0.3 is 20.4 Å². The number of nitrogens with zero attached hydrogens (tertiary/aromatic N) is 1. The third kappa shape index (κ3) is 5.50. The lowest BCUT2D eigenvalue weighted by molar-refractivity contribution is -0.142. The Kier molecular flexibility index (Phi) is 5.82. The number of amides is 1. The maximum atomic E-state index is 10.7. The molecule has 6 nitrogen and oxygen atoms in total. The molecule has 0 bridgehead atoms. The Balaban J connectivity index is 4.08. The molecule has 82 valence electrons. The van der Waals surface area contributed by atoms with Crippen molar-refractivity contribution in [2.75, 3.05) is 26.7 Å². The zero-order valence-corrected chi connectivity index (χ0v) is 8.36. The maximum Gasteiger partial charge on any atom is 0.327 e. The van der Waals surface area contributed by atoms with E-state index in [1.165, 1.54) is 6.92 Å². The van der Waals surface area contributed by atoms with Crippen LogP contribution in [-0.4, -0.2) is 59.8 Å². The third-order valence-electron chi connectivity index (χ3n) is 1.65. The minimum absolute atomic E-state index is 0.0388. The summed E-state index contributed by atoms with van der Waals surface area (Å²) in [7, 11) is 1.67. The fraction of sp³-hybridized carbons (Fsp3) is 0.750. The van der Waals surface area contributed by atoms with Crippen LogP contribution in [0.4, 0.5) is 0 Å². The zero-order chi connectivity index (χ0) is 11.1. The van der Waals surface area contributed by atoms with Crippen LogP contribution in [0.2, 0.25) is 0 Å². The van der Waals surface area contributed by atoms with Crippen molar-refractivity contribution in [1.82, 2.24) is 10.2 Å². The van der Waals surface area contributed by atoms with Crippen molar-refractivity contribution in [2.24, 2.45) is 0 Å². The molecular weight excluding hydrogens is 188 g/mol. The number of aliphatic hydroxyl groups is 1. The predicted octanol–water partition coefficient (Wildman–Crippen LogP) is -1.50. The Hall–Kier alpha value is -1.14. The molecule has 0 rings (SSSR count). The number of hydrogen-bond acceptors (Lipinski definition) is 4. The van der Waals surface area contributed by atoms with Gasteiger partial charge in [-0.2, -0.15) is 0 Å². The summed E-state index contributed by atoms with van der Waals surface area (Å²) in [5, 5.41) is 19.6. The normalized spacial score (nSPS) is 12.6. The molecule has 0 saturated carbocycles. The Bertz CT molecular complexity index is 208. The molecule has 3 N–H and O–H groups in total. The lowest BCUT2D eigenvalue weighted by atomic mass is 10.2. The van der Waals surface area contributed by atoms with Crippen LogP contribution in [0.1, 0.15) is 6.92 Å². The molecule has 1 atom stereocenters. The predicted molar refractivity (Wildman–Crippen MR) is 49.8 cm³/mol. The topological polar surface area (TPSA) is 89.9 Å². The number of aliphatic hydroxyl groups excluding tert-OH is 1. The molecule has 0 heterocycles. The third-order valence-corrected chi connectivity index (χ3v) is 1.65. The smallest absolute Gasteiger partial charge is 0.327 e. The van der Waals surface area contributed by atoms with Crippen molar-refractivity contribution in [3.8, 4) is 0 Å². The zero-order valence-electron chi connectivity index (χ0n) is 8.36. The van der Waals surface area contributed by atoms with Gasteiger partial charge in [-0.3, -0.25) is 4.79 Å². The van der Waals surface area contributed by atoms with Gasteiger partial charge >= 0.3 is 5.97 Å². The summed E-state index contributed by atoms with van der Waals surface area (Å²) in [5.74, 6) is -1.46. The monoisotopic (exact) mass is 204 g/mol. The summed E-state index contributed by atoms with van der Waals surface area (Å²) in [4.78, 5) is 23.0. The summed E-state index contributed by atoms with van der Waals surface area (Å²) in [6.07, 6.45) is 0. The number of hydrogen-bond donors (Lipinski definition) is 3. The number of carboxylic acids is 1. The molecule has 1 amide bonds. The molecule has 0 radical (unpaired) electrons. The standard InChI is InChI=1S/C8H16N2O4/c1-6(12)9-7(8(13)14)5-10(2)3-4-11/h7,11H,3-5H2,1-2H3,(H,9,12)(H,13,14)/t7-/m0/s1. The van der Waals surface area contributed by atoms with E-state index in [4.69, 9.17) is 10.2 Å². The average molecular weight is 204 g/mol. The first-order chi connectivity index (χ1) is 6.47. The van der Waals surface area contributed by atoms with E-state index in [0.29, 0.717) is 6.54 Å². The Morgan fingerprint density at radius 2 is 2.07 bits per heavy atom. The molecule has 0 spiro atoms. The number of carbonyl (C=O) groups is 2. The molecule has 0 aliphatic heterocycles. The quantitative estimate of drug-likeness (QED) is 0.490. The molecule has 0 aromatic heterocycles. The molecule has 0 fully saturated rings. The van der Waals surface area contributed by atoms with Gasteiger partial charge in [0.1, 0.15) is 6.04 Å². The molecule has 6 heteroatoms. The molecule has 0 aromatic carbocycles. The van der Waals surface area contributed by atoms with E-state index in [1.807, 2.05) is 0 Å². The van der Waals surface area contributed by atoms with E-state index < -0.39 is 12.0 Å².